The Kier molecular flexibility index (Phi) is 3.50. The molecule has 0 aliphatic heterocycles. The van der Waals surface area contributed by atoms with Crippen LogP contribution in [0.4, 0.5) is 0 Å². The molecule has 0 aliphatic rings. The van der Waals surface area contributed by atoms with E-state index in [1.165, 1.54) is 5.56 Å². The van der Waals surface area contributed by atoms with Crippen molar-refractivity contribution in [3.05, 3.63) is 35.9 Å². The van der Waals surface area contributed by atoms with Crippen molar-refractivity contribution in [3.63, 3.8) is 0 Å². The molecule has 0 N–H and O–H groups in total. The number of hydrogen-bond acceptors (Lipinski definition) is 1. The molecule has 13 heavy (non-hydrogen) atoms. The quantitative estimate of drug-likeness (QED) is 0.741. The van der Waals surface area contributed by atoms with E-state index in [9.17, 15) is 0 Å². The van der Waals surface area contributed by atoms with Gasteiger partial charge in [-0.15, -0.1) is 0 Å². The van der Waals surface area contributed by atoms with Gasteiger partial charge in [-0.25, -0.2) is 0 Å². The first-order valence-corrected chi connectivity index (χ1v) is 5.07. The molecule has 1 rings (SSSR count). The molecule has 0 heterocycles. The minimum atomic E-state index is -0.386. The van der Waals surface area contributed by atoms with Crippen LogP contribution < -0.4 is 0 Å². The Balaban J connectivity index is 2.50. The third-order valence-corrected chi connectivity index (χ3v) is 2.53. The molecule has 0 radical (unpaired) electrons. The summed E-state index contributed by atoms with van der Waals surface area (Å²) in [6, 6.07) is 12.4. The van der Waals surface area contributed by atoms with Crippen LogP contribution in [0.5, 0.6) is 0 Å². The number of nitrogens with zero attached hydrogens (tertiary/aromatic N) is 1. The Labute approximate surface area is 87.5 Å². The van der Waals surface area contributed by atoms with Crippen LogP contribution in [-0.4, -0.2) is 4.32 Å². The molecule has 1 atom stereocenters. The molecule has 0 spiro atoms. The predicted molar refractivity (Wildman–Crippen MR) is 57.7 cm³/mol. The molecular formula is C11H12BrN. The molecule has 1 aromatic carbocycles. The van der Waals surface area contributed by atoms with E-state index in [2.05, 4.69) is 34.1 Å². The topological polar surface area (TPSA) is 23.8 Å². The number of aryl methyl sites for hydroxylation is 1. The van der Waals surface area contributed by atoms with Crippen molar-refractivity contribution in [1.82, 2.24) is 0 Å². The second kappa shape index (κ2) is 4.43. The molecule has 0 aliphatic carbocycles. The van der Waals surface area contributed by atoms with Crippen LogP contribution in [0.2, 0.25) is 0 Å². The zero-order valence-electron chi connectivity index (χ0n) is 7.63. The van der Waals surface area contributed by atoms with Gasteiger partial charge in [-0.3, -0.25) is 0 Å². The van der Waals surface area contributed by atoms with Gasteiger partial charge in [-0.05, 0) is 25.3 Å². The standard InChI is InChI=1S/C11H12BrN/c1-11(12,9-13)8-7-10-5-3-2-4-6-10/h2-6H,7-8H2,1H3. The first-order chi connectivity index (χ1) is 6.14. The molecule has 0 saturated carbocycles. The maximum Gasteiger partial charge on any atom is 0.110 e. The highest BCUT2D eigenvalue weighted by Crippen LogP contribution is 2.22. The Morgan fingerprint density at radius 2 is 2.00 bits per heavy atom. The number of benzene rings is 1. The molecule has 1 aromatic rings. The van der Waals surface area contributed by atoms with Crippen molar-refractivity contribution >= 4 is 15.9 Å². The number of halogens is 1. The Hall–Kier alpha value is -0.810. The van der Waals surface area contributed by atoms with E-state index < -0.39 is 0 Å². The van der Waals surface area contributed by atoms with E-state index in [-0.39, 0.29) is 4.32 Å². The number of rotatable bonds is 3. The summed E-state index contributed by atoms with van der Waals surface area (Å²) in [6.45, 7) is 1.90. The van der Waals surface area contributed by atoms with E-state index in [1.54, 1.807) is 0 Å². The third kappa shape index (κ3) is 3.61. The van der Waals surface area contributed by atoms with E-state index in [0.717, 1.165) is 12.8 Å². The minimum absolute atomic E-state index is 0.386. The number of nitriles is 1. The lowest BCUT2D eigenvalue weighted by Crippen LogP contribution is -2.12. The van der Waals surface area contributed by atoms with Crippen molar-refractivity contribution in [3.8, 4) is 6.07 Å². The van der Waals surface area contributed by atoms with Gasteiger partial charge in [0.1, 0.15) is 4.32 Å². The van der Waals surface area contributed by atoms with Gasteiger partial charge in [0.25, 0.3) is 0 Å². The van der Waals surface area contributed by atoms with Crippen LogP contribution in [0.25, 0.3) is 0 Å². The normalized spacial score (nSPS) is 14.5. The van der Waals surface area contributed by atoms with Gasteiger partial charge in [0.15, 0.2) is 0 Å². The van der Waals surface area contributed by atoms with Gasteiger partial charge < -0.3 is 0 Å². The summed E-state index contributed by atoms with van der Waals surface area (Å²) in [7, 11) is 0. The maximum absolute atomic E-state index is 8.78. The van der Waals surface area contributed by atoms with Crippen molar-refractivity contribution in [2.45, 2.75) is 24.1 Å². The number of hydrogen-bond donors (Lipinski definition) is 0. The summed E-state index contributed by atoms with van der Waals surface area (Å²) in [4.78, 5) is 0. The lowest BCUT2D eigenvalue weighted by atomic mass is 10.0. The van der Waals surface area contributed by atoms with Crippen LogP contribution in [0.15, 0.2) is 30.3 Å². The van der Waals surface area contributed by atoms with Gasteiger partial charge in [0.2, 0.25) is 0 Å². The molecule has 0 saturated heterocycles. The molecule has 0 bridgehead atoms. The highest BCUT2D eigenvalue weighted by Gasteiger charge is 2.18. The van der Waals surface area contributed by atoms with Crippen molar-refractivity contribution in [2.24, 2.45) is 0 Å². The summed E-state index contributed by atoms with van der Waals surface area (Å²) in [5, 5.41) is 8.78. The fourth-order valence-electron chi connectivity index (χ4n) is 1.08. The summed E-state index contributed by atoms with van der Waals surface area (Å²) in [6.07, 6.45) is 1.78. The van der Waals surface area contributed by atoms with Crippen molar-refractivity contribution < 1.29 is 0 Å². The lowest BCUT2D eigenvalue weighted by molar-refractivity contribution is 0.721. The molecule has 1 nitrogen and oxygen atoms in total. The molecule has 68 valence electrons. The average molecular weight is 238 g/mol. The Morgan fingerprint density at radius 1 is 1.38 bits per heavy atom. The van der Waals surface area contributed by atoms with E-state index in [4.69, 9.17) is 5.26 Å². The zero-order chi connectivity index (χ0) is 9.73. The molecule has 2 heteroatoms. The molecule has 0 fully saturated rings. The zero-order valence-corrected chi connectivity index (χ0v) is 9.21. The van der Waals surface area contributed by atoms with Gasteiger partial charge in [0, 0.05) is 0 Å². The minimum Gasteiger partial charge on any atom is -0.197 e. The molecular weight excluding hydrogens is 226 g/mol. The fourth-order valence-corrected chi connectivity index (χ4v) is 1.28. The first-order valence-electron chi connectivity index (χ1n) is 4.28. The smallest absolute Gasteiger partial charge is 0.110 e. The predicted octanol–water partition coefficient (Wildman–Crippen LogP) is 3.30. The highest BCUT2D eigenvalue weighted by molar-refractivity contribution is 9.10. The SMILES string of the molecule is CC(Br)(C#N)CCc1ccccc1. The average Bonchev–Trinajstić information content (AvgIpc) is 2.17. The summed E-state index contributed by atoms with van der Waals surface area (Å²) in [5.74, 6) is 0. The monoisotopic (exact) mass is 237 g/mol. The van der Waals surface area contributed by atoms with E-state index in [1.807, 2.05) is 25.1 Å². The molecule has 0 amide bonds. The Morgan fingerprint density at radius 3 is 2.54 bits per heavy atom. The largest absolute Gasteiger partial charge is 0.197 e. The lowest BCUT2D eigenvalue weighted by Gasteiger charge is -2.12. The van der Waals surface area contributed by atoms with Gasteiger partial charge in [-0.2, -0.15) is 5.26 Å². The second-order valence-electron chi connectivity index (χ2n) is 3.29. The van der Waals surface area contributed by atoms with Gasteiger partial charge in [0.05, 0.1) is 6.07 Å². The summed E-state index contributed by atoms with van der Waals surface area (Å²) in [5.41, 5.74) is 1.28. The molecule has 0 aromatic heterocycles. The summed E-state index contributed by atoms with van der Waals surface area (Å²) >= 11 is 3.38. The van der Waals surface area contributed by atoms with Crippen LogP contribution in [0.1, 0.15) is 18.9 Å². The van der Waals surface area contributed by atoms with E-state index >= 15 is 0 Å². The van der Waals surface area contributed by atoms with Crippen molar-refractivity contribution in [2.75, 3.05) is 0 Å². The van der Waals surface area contributed by atoms with Gasteiger partial charge in [-0.1, -0.05) is 46.3 Å². The fraction of sp³-hybridized carbons (Fsp3) is 0.364. The first kappa shape index (κ1) is 10.3. The van der Waals surface area contributed by atoms with Crippen LogP contribution in [0.3, 0.4) is 0 Å². The van der Waals surface area contributed by atoms with Crippen LogP contribution in [-0.2, 0) is 6.42 Å². The molecule has 1 unspecified atom stereocenters. The number of alkyl halides is 1. The highest BCUT2D eigenvalue weighted by atomic mass is 79.9. The van der Waals surface area contributed by atoms with E-state index in [0.29, 0.717) is 0 Å². The third-order valence-electron chi connectivity index (χ3n) is 1.96. The van der Waals surface area contributed by atoms with Gasteiger partial charge >= 0.3 is 0 Å². The summed E-state index contributed by atoms with van der Waals surface area (Å²) < 4.78 is -0.386. The van der Waals surface area contributed by atoms with Crippen LogP contribution in [0, 0.1) is 11.3 Å². The second-order valence-corrected chi connectivity index (χ2v) is 5.05. The Bertz CT molecular complexity index is 298. The maximum atomic E-state index is 8.78. The van der Waals surface area contributed by atoms with Crippen LogP contribution >= 0.6 is 15.9 Å². The van der Waals surface area contributed by atoms with Crippen molar-refractivity contribution in [1.29, 1.82) is 5.26 Å².